The lowest BCUT2D eigenvalue weighted by atomic mass is 9.47. The number of aliphatic hydroxyl groups is 2. The summed E-state index contributed by atoms with van der Waals surface area (Å²) < 4.78 is 14.0. The van der Waals surface area contributed by atoms with Gasteiger partial charge in [-0.05, 0) is 118 Å². The zero-order valence-corrected chi connectivity index (χ0v) is 20.0. The standard InChI is InChI=1S/C27H45FO2/c1-17(24(30)12-13-25(2,3)28)21-8-9-22-20-7-6-18-16-19(29)10-14-26(18,4)23(20)11-15-27(21,22)5/h6,17,19-24,29-30H,7-16H2,1-5H3/t17-,19?,20-,21+,22-,23-,24?,26-,27+/m0/s1. The fourth-order valence-corrected chi connectivity index (χ4v) is 8.57. The van der Waals surface area contributed by atoms with E-state index in [-0.39, 0.29) is 12.0 Å². The number of allylic oxidation sites excluding steroid dienone is 1. The quantitative estimate of drug-likeness (QED) is 0.502. The van der Waals surface area contributed by atoms with Gasteiger partial charge in [-0.25, -0.2) is 4.39 Å². The van der Waals surface area contributed by atoms with Gasteiger partial charge < -0.3 is 10.2 Å². The van der Waals surface area contributed by atoms with Crippen LogP contribution in [0.25, 0.3) is 0 Å². The Labute approximate surface area is 183 Å². The monoisotopic (exact) mass is 420 g/mol. The number of halogens is 1. The van der Waals surface area contributed by atoms with Crippen LogP contribution in [0.5, 0.6) is 0 Å². The predicted octanol–water partition coefficient (Wildman–Crippen LogP) is 6.45. The Morgan fingerprint density at radius 2 is 1.87 bits per heavy atom. The molecule has 30 heavy (non-hydrogen) atoms. The summed E-state index contributed by atoms with van der Waals surface area (Å²) in [4.78, 5) is 0. The molecule has 0 aromatic heterocycles. The minimum Gasteiger partial charge on any atom is -0.393 e. The van der Waals surface area contributed by atoms with Crippen LogP contribution in [0.3, 0.4) is 0 Å². The van der Waals surface area contributed by atoms with E-state index in [0.29, 0.717) is 29.6 Å². The third-order valence-corrected chi connectivity index (χ3v) is 10.4. The Kier molecular flexibility index (Phi) is 5.97. The Hall–Kier alpha value is -0.410. The topological polar surface area (TPSA) is 40.5 Å². The van der Waals surface area contributed by atoms with Gasteiger partial charge >= 0.3 is 0 Å². The molecule has 2 nitrogen and oxygen atoms in total. The van der Waals surface area contributed by atoms with E-state index >= 15 is 0 Å². The van der Waals surface area contributed by atoms with E-state index in [1.807, 2.05) is 0 Å². The molecule has 0 heterocycles. The van der Waals surface area contributed by atoms with Gasteiger partial charge in [0.2, 0.25) is 0 Å². The molecule has 2 N–H and O–H groups in total. The second-order valence-corrected chi connectivity index (χ2v) is 12.6. The second kappa shape index (κ2) is 7.87. The van der Waals surface area contributed by atoms with E-state index in [9.17, 15) is 14.6 Å². The number of rotatable bonds is 5. The van der Waals surface area contributed by atoms with E-state index in [0.717, 1.165) is 37.0 Å². The molecule has 0 aromatic rings. The number of aliphatic hydroxyl groups excluding tert-OH is 2. The van der Waals surface area contributed by atoms with Crippen LogP contribution in [0.1, 0.15) is 98.8 Å². The minimum absolute atomic E-state index is 0.137. The van der Waals surface area contributed by atoms with E-state index < -0.39 is 11.8 Å². The van der Waals surface area contributed by atoms with Crippen LogP contribution in [-0.2, 0) is 0 Å². The first kappa shape index (κ1) is 22.8. The van der Waals surface area contributed by atoms with Gasteiger partial charge in [0.15, 0.2) is 0 Å². The van der Waals surface area contributed by atoms with E-state index in [2.05, 4.69) is 26.8 Å². The highest BCUT2D eigenvalue weighted by Crippen LogP contribution is 2.67. The molecule has 9 atom stereocenters. The van der Waals surface area contributed by atoms with Crippen LogP contribution in [-0.4, -0.2) is 28.1 Å². The average Bonchev–Trinajstić information content (AvgIpc) is 3.02. The summed E-state index contributed by atoms with van der Waals surface area (Å²) in [5.74, 6) is 3.05. The van der Waals surface area contributed by atoms with Crippen LogP contribution >= 0.6 is 0 Å². The lowest BCUT2D eigenvalue weighted by Crippen LogP contribution is -2.51. The highest BCUT2D eigenvalue weighted by molar-refractivity contribution is 5.25. The molecular formula is C27H45FO2. The summed E-state index contributed by atoms with van der Waals surface area (Å²) in [5, 5.41) is 21.1. The zero-order valence-electron chi connectivity index (χ0n) is 20.0. The van der Waals surface area contributed by atoms with Crippen molar-refractivity contribution in [1.82, 2.24) is 0 Å². The summed E-state index contributed by atoms with van der Waals surface area (Å²) >= 11 is 0. The lowest BCUT2D eigenvalue weighted by molar-refractivity contribution is -0.0687. The van der Waals surface area contributed by atoms with Crippen molar-refractivity contribution in [3.05, 3.63) is 11.6 Å². The highest BCUT2D eigenvalue weighted by Gasteiger charge is 2.59. The first-order chi connectivity index (χ1) is 14.0. The van der Waals surface area contributed by atoms with Gasteiger partial charge in [-0.3, -0.25) is 0 Å². The van der Waals surface area contributed by atoms with Crippen molar-refractivity contribution >= 4 is 0 Å². The van der Waals surface area contributed by atoms with E-state index in [1.54, 1.807) is 19.4 Å². The summed E-state index contributed by atoms with van der Waals surface area (Å²) in [6.45, 7) is 10.5. The maximum absolute atomic E-state index is 14.0. The number of fused-ring (bicyclic) bond motifs is 5. The van der Waals surface area contributed by atoms with Gasteiger partial charge in [0.25, 0.3) is 0 Å². The lowest BCUT2D eigenvalue weighted by Gasteiger charge is -2.58. The maximum atomic E-state index is 14.0. The Morgan fingerprint density at radius 3 is 2.57 bits per heavy atom. The van der Waals surface area contributed by atoms with Crippen LogP contribution < -0.4 is 0 Å². The highest BCUT2D eigenvalue weighted by atomic mass is 19.1. The van der Waals surface area contributed by atoms with Gasteiger partial charge in [0.1, 0.15) is 5.67 Å². The first-order valence-electron chi connectivity index (χ1n) is 12.7. The van der Waals surface area contributed by atoms with Crippen molar-refractivity contribution in [1.29, 1.82) is 0 Å². The molecule has 0 saturated heterocycles. The Bertz CT molecular complexity index is 666. The molecule has 4 rings (SSSR count). The van der Waals surface area contributed by atoms with Crippen LogP contribution in [0.2, 0.25) is 0 Å². The summed E-state index contributed by atoms with van der Waals surface area (Å²) in [6, 6.07) is 0. The van der Waals surface area contributed by atoms with Gasteiger partial charge in [-0.2, -0.15) is 0 Å². The Balaban J connectivity index is 1.50. The fourth-order valence-electron chi connectivity index (χ4n) is 8.57. The number of hydrogen-bond donors (Lipinski definition) is 2. The predicted molar refractivity (Wildman–Crippen MR) is 121 cm³/mol. The minimum atomic E-state index is -1.20. The van der Waals surface area contributed by atoms with Crippen LogP contribution in [0, 0.1) is 40.4 Å². The van der Waals surface area contributed by atoms with Crippen LogP contribution in [0.4, 0.5) is 4.39 Å². The van der Waals surface area contributed by atoms with Crippen molar-refractivity contribution in [2.24, 2.45) is 40.4 Å². The smallest absolute Gasteiger partial charge is 0.105 e. The second-order valence-electron chi connectivity index (χ2n) is 12.6. The van der Waals surface area contributed by atoms with Crippen molar-refractivity contribution in [2.75, 3.05) is 0 Å². The average molecular weight is 421 g/mol. The fraction of sp³-hybridized carbons (Fsp3) is 0.926. The molecule has 3 saturated carbocycles. The van der Waals surface area contributed by atoms with Gasteiger partial charge in [-0.1, -0.05) is 32.4 Å². The maximum Gasteiger partial charge on any atom is 0.105 e. The van der Waals surface area contributed by atoms with Crippen molar-refractivity contribution < 1.29 is 14.6 Å². The normalized spacial score (nSPS) is 45.7. The van der Waals surface area contributed by atoms with E-state index in [4.69, 9.17) is 0 Å². The van der Waals surface area contributed by atoms with Gasteiger partial charge in [0.05, 0.1) is 12.2 Å². The molecule has 2 unspecified atom stereocenters. The molecule has 0 amide bonds. The van der Waals surface area contributed by atoms with Crippen LogP contribution in [0.15, 0.2) is 11.6 Å². The summed E-state index contributed by atoms with van der Waals surface area (Å²) in [5.41, 5.74) is 0.941. The van der Waals surface area contributed by atoms with Crippen molar-refractivity contribution in [3.63, 3.8) is 0 Å². The largest absolute Gasteiger partial charge is 0.393 e. The number of hydrogen-bond acceptors (Lipinski definition) is 2. The zero-order chi connectivity index (χ0) is 21.9. The molecule has 0 aromatic carbocycles. The third kappa shape index (κ3) is 3.81. The molecule has 4 aliphatic rings. The van der Waals surface area contributed by atoms with Gasteiger partial charge in [-0.15, -0.1) is 0 Å². The summed E-state index contributed by atoms with van der Waals surface area (Å²) in [6.07, 6.45) is 12.2. The van der Waals surface area contributed by atoms with Crippen molar-refractivity contribution in [3.8, 4) is 0 Å². The first-order valence-corrected chi connectivity index (χ1v) is 12.7. The molecule has 4 aliphatic carbocycles. The molecule has 0 aliphatic heterocycles. The molecule has 3 fully saturated rings. The number of alkyl halides is 1. The van der Waals surface area contributed by atoms with Crippen molar-refractivity contribution in [2.45, 2.75) is 117 Å². The SMILES string of the molecule is C[C@H](C(O)CCC(C)(C)F)[C@H]1CC[C@H]2[C@@H]3CC=C4CC(O)CC[C@]4(C)[C@H]3CC[C@]12C. The molecule has 172 valence electrons. The third-order valence-electron chi connectivity index (χ3n) is 10.4. The molecule has 0 spiro atoms. The molecule has 3 heteroatoms. The molecular weight excluding hydrogens is 375 g/mol. The summed E-state index contributed by atoms with van der Waals surface area (Å²) in [7, 11) is 0. The Morgan fingerprint density at radius 1 is 1.13 bits per heavy atom. The van der Waals surface area contributed by atoms with Gasteiger partial charge in [0, 0.05) is 0 Å². The van der Waals surface area contributed by atoms with E-state index in [1.165, 1.54) is 32.1 Å². The molecule has 0 radical (unpaired) electrons. The molecule has 0 bridgehead atoms.